The first-order valence-corrected chi connectivity index (χ1v) is 5.81. The van der Waals surface area contributed by atoms with Gasteiger partial charge in [-0.15, -0.1) is 0 Å². The summed E-state index contributed by atoms with van der Waals surface area (Å²) < 4.78 is 0. The lowest BCUT2D eigenvalue weighted by molar-refractivity contribution is 0.352. The van der Waals surface area contributed by atoms with Crippen LogP contribution in [0.2, 0.25) is 0 Å². The van der Waals surface area contributed by atoms with Gasteiger partial charge in [0.15, 0.2) is 0 Å². The molecular weight excluding hydrogens is 202 g/mol. The Morgan fingerprint density at radius 3 is 2.81 bits per heavy atom. The summed E-state index contributed by atoms with van der Waals surface area (Å²) in [5.74, 6) is 2.06. The van der Waals surface area contributed by atoms with Crippen molar-refractivity contribution in [3.05, 3.63) is 11.9 Å². The van der Waals surface area contributed by atoms with Gasteiger partial charge < -0.3 is 16.0 Å². The van der Waals surface area contributed by atoms with Crippen molar-refractivity contribution in [2.45, 2.75) is 19.8 Å². The highest BCUT2D eigenvalue weighted by molar-refractivity contribution is 5.44. The maximum atomic E-state index is 5.65. The fourth-order valence-electron chi connectivity index (χ4n) is 2.03. The van der Waals surface area contributed by atoms with Gasteiger partial charge in [-0.05, 0) is 32.9 Å². The van der Waals surface area contributed by atoms with E-state index in [1.165, 1.54) is 25.9 Å². The van der Waals surface area contributed by atoms with Gasteiger partial charge >= 0.3 is 0 Å². The van der Waals surface area contributed by atoms with Crippen molar-refractivity contribution in [1.82, 2.24) is 14.9 Å². The van der Waals surface area contributed by atoms with Crippen LogP contribution in [0.5, 0.6) is 0 Å². The Hall–Kier alpha value is -1.36. The first-order chi connectivity index (χ1) is 7.74. The molecule has 5 heteroatoms. The number of aryl methyl sites for hydroxylation is 1. The van der Waals surface area contributed by atoms with Gasteiger partial charge in [0.05, 0.1) is 0 Å². The Bertz CT molecular complexity index is 326. The zero-order valence-electron chi connectivity index (χ0n) is 9.74. The third-order valence-corrected chi connectivity index (χ3v) is 2.79. The van der Waals surface area contributed by atoms with E-state index in [1.54, 1.807) is 6.07 Å². The van der Waals surface area contributed by atoms with Crippen molar-refractivity contribution in [1.29, 1.82) is 0 Å². The van der Waals surface area contributed by atoms with Crippen molar-refractivity contribution < 1.29 is 0 Å². The molecule has 0 aliphatic carbocycles. The van der Waals surface area contributed by atoms with Crippen LogP contribution in [0.1, 0.15) is 18.7 Å². The molecule has 1 aromatic rings. The normalized spacial score (nSPS) is 16.6. The van der Waals surface area contributed by atoms with Gasteiger partial charge in [-0.1, -0.05) is 0 Å². The van der Waals surface area contributed by atoms with Crippen molar-refractivity contribution in [3.63, 3.8) is 0 Å². The molecule has 1 saturated heterocycles. The van der Waals surface area contributed by atoms with Crippen LogP contribution < -0.4 is 11.1 Å². The number of aromatic nitrogens is 2. The Morgan fingerprint density at radius 1 is 1.38 bits per heavy atom. The minimum absolute atomic E-state index is 0.524. The van der Waals surface area contributed by atoms with Crippen LogP contribution in [-0.4, -0.2) is 41.0 Å². The Morgan fingerprint density at radius 2 is 2.12 bits per heavy atom. The molecule has 1 aliphatic heterocycles. The molecule has 2 rings (SSSR count). The van der Waals surface area contributed by atoms with Gasteiger partial charge in [0.1, 0.15) is 17.5 Å². The summed E-state index contributed by atoms with van der Waals surface area (Å²) >= 11 is 0. The molecule has 16 heavy (non-hydrogen) atoms. The first-order valence-electron chi connectivity index (χ1n) is 5.81. The van der Waals surface area contributed by atoms with Gasteiger partial charge in [-0.25, -0.2) is 9.97 Å². The zero-order valence-corrected chi connectivity index (χ0v) is 9.74. The zero-order chi connectivity index (χ0) is 11.4. The van der Waals surface area contributed by atoms with Crippen LogP contribution in [0.3, 0.4) is 0 Å². The number of nitrogens with one attached hydrogen (secondary N) is 1. The maximum Gasteiger partial charge on any atom is 0.131 e. The molecule has 0 spiro atoms. The van der Waals surface area contributed by atoms with Crippen LogP contribution >= 0.6 is 0 Å². The van der Waals surface area contributed by atoms with Crippen LogP contribution in [0.4, 0.5) is 11.6 Å². The summed E-state index contributed by atoms with van der Waals surface area (Å²) in [4.78, 5) is 10.8. The Balaban J connectivity index is 1.80. The van der Waals surface area contributed by atoms with Gasteiger partial charge in [0.2, 0.25) is 0 Å². The Labute approximate surface area is 96.1 Å². The van der Waals surface area contributed by atoms with Crippen LogP contribution in [-0.2, 0) is 0 Å². The van der Waals surface area contributed by atoms with E-state index in [1.807, 2.05) is 6.92 Å². The smallest absolute Gasteiger partial charge is 0.131 e. The summed E-state index contributed by atoms with van der Waals surface area (Å²) in [6, 6.07) is 1.77. The maximum absolute atomic E-state index is 5.65. The van der Waals surface area contributed by atoms with E-state index in [0.29, 0.717) is 11.6 Å². The molecule has 1 fully saturated rings. The highest BCUT2D eigenvalue weighted by Gasteiger charge is 2.10. The van der Waals surface area contributed by atoms with Gasteiger partial charge in [-0.2, -0.15) is 0 Å². The number of nitrogens with zero attached hydrogens (tertiary/aromatic N) is 3. The Kier molecular flexibility index (Phi) is 3.56. The average Bonchev–Trinajstić information content (AvgIpc) is 2.69. The van der Waals surface area contributed by atoms with Crippen molar-refractivity contribution in [2.24, 2.45) is 0 Å². The van der Waals surface area contributed by atoms with E-state index < -0.39 is 0 Å². The van der Waals surface area contributed by atoms with Crippen molar-refractivity contribution in [2.75, 3.05) is 37.2 Å². The molecule has 0 amide bonds. The lowest BCUT2D eigenvalue weighted by Gasteiger charge is -2.15. The van der Waals surface area contributed by atoms with Gasteiger partial charge in [0.25, 0.3) is 0 Å². The monoisotopic (exact) mass is 221 g/mol. The van der Waals surface area contributed by atoms with E-state index in [2.05, 4.69) is 20.2 Å². The number of nitrogen functional groups attached to an aromatic ring is 1. The number of likely N-dealkylation sites (tertiary alicyclic amines) is 1. The standard InChI is InChI=1S/C11H19N5/c1-9-14-10(12)8-11(15-9)13-4-7-16-5-2-3-6-16/h8H,2-7H2,1H3,(H3,12,13,14,15). The summed E-state index contributed by atoms with van der Waals surface area (Å²) in [7, 11) is 0. The molecule has 1 aromatic heterocycles. The molecule has 0 saturated carbocycles. The molecule has 5 nitrogen and oxygen atoms in total. The molecule has 0 bridgehead atoms. The third-order valence-electron chi connectivity index (χ3n) is 2.79. The minimum atomic E-state index is 0.524. The third kappa shape index (κ3) is 3.06. The number of hydrogen-bond acceptors (Lipinski definition) is 5. The second-order valence-electron chi connectivity index (χ2n) is 4.20. The summed E-state index contributed by atoms with van der Waals surface area (Å²) in [6.07, 6.45) is 2.67. The molecule has 1 aliphatic rings. The lowest BCUT2D eigenvalue weighted by Crippen LogP contribution is -2.26. The number of nitrogens with two attached hydrogens (primary N) is 1. The van der Waals surface area contributed by atoms with Gasteiger partial charge in [0, 0.05) is 19.2 Å². The van der Waals surface area contributed by atoms with Crippen LogP contribution in [0, 0.1) is 6.92 Å². The summed E-state index contributed by atoms with van der Waals surface area (Å²) in [5.41, 5.74) is 5.65. The lowest BCUT2D eigenvalue weighted by atomic mass is 10.4. The predicted octanol–water partition coefficient (Wildman–Crippen LogP) is 0.875. The largest absolute Gasteiger partial charge is 0.384 e. The summed E-state index contributed by atoms with van der Waals surface area (Å²) in [5, 5.41) is 3.28. The molecule has 0 aromatic carbocycles. The van der Waals surface area contributed by atoms with E-state index in [4.69, 9.17) is 5.73 Å². The summed E-state index contributed by atoms with van der Waals surface area (Å²) in [6.45, 7) is 6.29. The van der Waals surface area contributed by atoms with E-state index >= 15 is 0 Å². The quantitative estimate of drug-likeness (QED) is 0.790. The van der Waals surface area contributed by atoms with Crippen molar-refractivity contribution in [3.8, 4) is 0 Å². The highest BCUT2D eigenvalue weighted by atomic mass is 15.2. The number of hydrogen-bond donors (Lipinski definition) is 2. The minimum Gasteiger partial charge on any atom is -0.384 e. The second kappa shape index (κ2) is 5.12. The molecule has 0 radical (unpaired) electrons. The first kappa shape index (κ1) is 11.1. The SMILES string of the molecule is Cc1nc(N)cc(NCCN2CCCC2)n1. The van der Waals surface area contributed by atoms with E-state index in [0.717, 1.165) is 18.9 Å². The average molecular weight is 221 g/mol. The topological polar surface area (TPSA) is 67.1 Å². The van der Waals surface area contributed by atoms with Crippen molar-refractivity contribution >= 4 is 11.6 Å². The predicted molar refractivity (Wildman–Crippen MR) is 65.3 cm³/mol. The fraction of sp³-hybridized carbons (Fsp3) is 0.636. The number of rotatable bonds is 4. The number of anilines is 2. The van der Waals surface area contributed by atoms with Gasteiger partial charge in [-0.3, -0.25) is 0 Å². The van der Waals surface area contributed by atoms with E-state index in [9.17, 15) is 0 Å². The molecular formula is C11H19N5. The van der Waals surface area contributed by atoms with Crippen LogP contribution in [0.15, 0.2) is 6.07 Å². The molecule has 0 atom stereocenters. The fourth-order valence-corrected chi connectivity index (χ4v) is 2.03. The molecule has 0 unspecified atom stereocenters. The molecule has 3 N–H and O–H groups in total. The van der Waals surface area contributed by atoms with E-state index in [-0.39, 0.29) is 0 Å². The second-order valence-corrected chi connectivity index (χ2v) is 4.20. The molecule has 88 valence electrons. The highest BCUT2D eigenvalue weighted by Crippen LogP contribution is 2.09. The van der Waals surface area contributed by atoms with Crippen LogP contribution in [0.25, 0.3) is 0 Å². The molecule has 2 heterocycles.